The second-order valence-corrected chi connectivity index (χ2v) is 7.24. The van der Waals surface area contributed by atoms with Gasteiger partial charge in [-0.25, -0.2) is 13.6 Å². The van der Waals surface area contributed by atoms with Gasteiger partial charge in [0.25, 0.3) is 5.91 Å². The number of rotatable bonds is 4. The molecule has 1 unspecified atom stereocenters. The first kappa shape index (κ1) is 15.5. The van der Waals surface area contributed by atoms with Gasteiger partial charge in [0, 0.05) is 19.2 Å². The molecule has 1 aromatic rings. The molecule has 0 aromatic carbocycles. The lowest BCUT2D eigenvalue weighted by atomic mass is 10.0. The van der Waals surface area contributed by atoms with E-state index in [1.165, 1.54) is 6.07 Å². The van der Waals surface area contributed by atoms with E-state index in [-0.39, 0.29) is 21.2 Å². The summed E-state index contributed by atoms with van der Waals surface area (Å²) in [6, 6.07) is 1.18. The zero-order valence-corrected chi connectivity index (χ0v) is 13.5. The molecule has 0 spiro atoms. The number of sulfonamides is 1. The highest BCUT2D eigenvalue weighted by Crippen LogP contribution is 2.28. The number of primary sulfonamides is 1. The van der Waals surface area contributed by atoms with Gasteiger partial charge < -0.3 is 9.32 Å². The zero-order valence-electron chi connectivity index (χ0n) is 11.1. The first-order valence-electron chi connectivity index (χ1n) is 6.44. The van der Waals surface area contributed by atoms with E-state index in [2.05, 4.69) is 22.9 Å². The van der Waals surface area contributed by atoms with Gasteiger partial charge in [0.2, 0.25) is 10.0 Å². The molecule has 0 bridgehead atoms. The van der Waals surface area contributed by atoms with Crippen LogP contribution in [0.4, 0.5) is 0 Å². The molecule has 2 N–H and O–H groups in total. The molecular formula is C12H17BrN2O4S. The smallest absolute Gasteiger partial charge is 0.289 e. The minimum absolute atomic E-state index is 0.00181. The third kappa shape index (κ3) is 3.24. The summed E-state index contributed by atoms with van der Waals surface area (Å²) in [6.45, 7) is 3.48. The molecular weight excluding hydrogens is 348 g/mol. The van der Waals surface area contributed by atoms with Crippen LogP contribution < -0.4 is 5.14 Å². The van der Waals surface area contributed by atoms with Gasteiger partial charge in [0.05, 0.1) is 0 Å². The summed E-state index contributed by atoms with van der Waals surface area (Å²) in [5.74, 6) is 0.220. The minimum Gasteiger partial charge on any atom is -0.443 e. The third-order valence-corrected chi connectivity index (χ3v) is 5.21. The summed E-state index contributed by atoms with van der Waals surface area (Å²) in [5, 5.41) is 5.04. The number of amides is 1. The Morgan fingerprint density at radius 3 is 2.85 bits per heavy atom. The van der Waals surface area contributed by atoms with Crippen molar-refractivity contribution in [2.75, 3.05) is 13.1 Å². The van der Waals surface area contributed by atoms with Crippen LogP contribution in [0.15, 0.2) is 20.0 Å². The monoisotopic (exact) mass is 364 g/mol. The first-order chi connectivity index (χ1) is 9.32. The van der Waals surface area contributed by atoms with Gasteiger partial charge in [-0.1, -0.05) is 13.3 Å². The highest BCUT2D eigenvalue weighted by molar-refractivity contribution is 9.10. The first-order valence-corrected chi connectivity index (χ1v) is 8.78. The van der Waals surface area contributed by atoms with E-state index in [4.69, 9.17) is 9.56 Å². The van der Waals surface area contributed by atoms with Crippen LogP contribution in [-0.4, -0.2) is 32.3 Å². The number of furan rings is 1. The molecule has 0 saturated carbocycles. The van der Waals surface area contributed by atoms with Crippen LogP contribution >= 0.6 is 15.9 Å². The van der Waals surface area contributed by atoms with Crippen molar-refractivity contribution in [1.29, 1.82) is 0 Å². The van der Waals surface area contributed by atoms with Crippen molar-refractivity contribution in [3.8, 4) is 0 Å². The Morgan fingerprint density at radius 1 is 1.60 bits per heavy atom. The van der Waals surface area contributed by atoms with Crippen molar-refractivity contribution in [3.63, 3.8) is 0 Å². The molecule has 0 aliphatic carbocycles. The van der Waals surface area contributed by atoms with Crippen molar-refractivity contribution in [2.45, 2.75) is 31.1 Å². The zero-order chi connectivity index (χ0) is 14.9. The average Bonchev–Trinajstić information content (AvgIpc) is 2.94. The van der Waals surface area contributed by atoms with Crippen molar-refractivity contribution in [1.82, 2.24) is 4.90 Å². The topological polar surface area (TPSA) is 93.6 Å². The molecule has 1 aromatic heterocycles. The quantitative estimate of drug-likeness (QED) is 0.883. The van der Waals surface area contributed by atoms with Gasteiger partial charge in [-0.3, -0.25) is 4.79 Å². The molecule has 0 radical (unpaired) electrons. The van der Waals surface area contributed by atoms with Gasteiger partial charge in [-0.15, -0.1) is 0 Å². The molecule has 2 rings (SSSR count). The highest BCUT2D eigenvalue weighted by atomic mass is 79.9. The molecule has 8 heteroatoms. The van der Waals surface area contributed by atoms with E-state index in [1.807, 2.05) is 0 Å². The normalized spacial score (nSPS) is 19.6. The molecule has 2 heterocycles. The lowest BCUT2D eigenvalue weighted by Gasteiger charge is -2.14. The van der Waals surface area contributed by atoms with E-state index < -0.39 is 10.0 Å². The summed E-state index contributed by atoms with van der Waals surface area (Å²) >= 11 is 2.97. The lowest BCUT2D eigenvalue weighted by molar-refractivity contribution is 0.0753. The SMILES string of the molecule is CCCC1CCN(C(=O)c2cc(S(N)(=O)=O)c(Br)o2)C1. The molecule has 1 fully saturated rings. The number of carbonyl (C=O) groups excluding carboxylic acids is 1. The largest absolute Gasteiger partial charge is 0.443 e. The van der Waals surface area contributed by atoms with Crippen LogP contribution in [0.25, 0.3) is 0 Å². The molecule has 1 aliphatic heterocycles. The summed E-state index contributed by atoms with van der Waals surface area (Å²) in [4.78, 5) is 13.8. The van der Waals surface area contributed by atoms with Crippen LogP contribution in [0.3, 0.4) is 0 Å². The maximum Gasteiger partial charge on any atom is 0.289 e. The summed E-state index contributed by atoms with van der Waals surface area (Å²) < 4.78 is 27.8. The maximum absolute atomic E-state index is 12.3. The summed E-state index contributed by atoms with van der Waals surface area (Å²) in [5.41, 5.74) is 0. The van der Waals surface area contributed by atoms with Gasteiger partial charge in [-0.05, 0) is 34.7 Å². The Labute approximate surface area is 126 Å². The van der Waals surface area contributed by atoms with E-state index >= 15 is 0 Å². The van der Waals surface area contributed by atoms with E-state index in [9.17, 15) is 13.2 Å². The molecule has 1 aliphatic rings. The number of halogens is 1. The number of likely N-dealkylation sites (tertiary alicyclic amines) is 1. The van der Waals surface area contributed by atoms with Gasteiger partial charge in [-0.2, -0.15) is 0 Å². The standard InChI is InChI=1S/C12H17BrN2O4S/c1-2-3-8-4-5-15(7-8)12(16)9-6-10(11(13)19-9)20(14,17)18/h6,8H,2-5,7H2,1H3,(H2,14,17,18). The predicted octanol–water partition coefficient (Wildman–Crippen LogP) is 1.95. The maximum atomic E-state index is 12.3. The minimum atomic E-state index is -3.90. The molecule has 1 amide bonds. The summed E-state index contributed by atoms with van der Waals surface area (Å²) in [7, 11) is -3.90. The Kier molecular flexibility index (Phi) is 4.55. The van der Waals surface area contributed by atoms with Gasteiger partial charge in [0.1, 0.15) is 4.90 Å². The number of nitrogens with zero attached hydrogens (tertiary/aromatic N) is 1. The van der Waals surface area contributed by atoms with Crippen LogP contribution in [0.5, 0.6) is 0 Å². The second-order valence-electron chi connectivity index (χ2n) is 4.99. The van der Waals surface area contributed by atoms with Crippen molar-refractivity contribution in [2.24, 2.45) is 11.1 Å². The van der Waals surface area contributed by atoms with Crippen molar-refractivity contribution in [3.05, 3.63) is 16.5 Å². The fourth-order valence-corrected chi connectivity index (χ4v) is 3.97. The Balaban J connectivity index is 2.15. The van der Waals surface area contributed by atoms with Crippen molar-refractivity contribution < 1.29 is 17.6 Å². The van der Waals surface area contributed by atoms with E-state index in [0.717, 1.165) is 19.3 Å². The molecule has 112 valence electrons. The molecule has 1 saturated heterocycles. The Bertz CT molecular complexity index is 611. The van der Waals surface area contributed by atoms with Crippen LogP contribution in [0.1, 0.15) is 36.7 Å². The highest BCUT2D eigenvalue weighted by Gasteiger charge is 2.30. The van der Waals surface area contributed by atoms with Crippen LogP contribution in [0.2, 0.25) is 0 Å². The molecule has 6 nitrogen and oxygen atoms in total. The fourth-order valence-electron chi connectivity index (χ4n) is 2.47. The predicted molar refractivity (Wildman–Crippen MR) is 76.7 cm³/mol. The Morgan fingerprint density at radius 2 is 2.30 bits per heavy atom. The Hall–Kier alpha value is -0.860. The van der Waals surface area contributed by atoms with E-state index in [0.29, 0.717) is 19.0 Å². The number of carbonyl (C=O) groups is 1. The van der Waals surface area contributed by atoms with E-state index in [1.54, 1.807) is 4.90 Å². The lowest BCUT2D eigenvalue weighted by Crippen LogP contribution is -2.28. The third-order valence-electron chi connectivity index (χ3n) is 3.44. The number of hydrogen-bond donors (Lipinski definition) is 1. The molecule has 20 heavy (non-hydrogen) atoms. The average molecular weight is 365 g/mol. The fraction of sp³-hybridized carbons (Fsp3) is 0.583. The van der Waals surface area contributed by atoms with Gasteiger partial charge in [0.15, 0.2) is 10.4 Å². The van der Waals surface area contributed by atoms with Crippen LogP contribution in [0, 0.1) is 5.92 Å². The van der Waals surface area contributed by atoms with Gasteiger partial charge >= 0.3 is 0 Å². The number of nitrogens with two attached hydrogens (primary N) is 1. The van der Waals surface area contributed by atoms with Crippen LogP contribution in [-0.2, 0) is 10.0 Å². The second kappa shape index (κ2) is 5.87. The number of hydrogen-bond acceptors (Lipinski definition) is 4. The molecule has 1 atom stereocenters. The van der Waals surface area contributed by atoms with Crippen molar-refractivity contribution >= 4 is 31.9 Å². The summed E-state index contributed by atoms with van der Waals surface area (Å²) in [6.07, 6.45) is 3.16.